The molecule has 5 nitrogen and oxygen atoms in total. The van der Waals surface area contributed by atoms with Crippen LogP contribution < -0.4 is 0 Å². The molecule has 0 heterocycles. The number of hydrogen-bond acceptors (Lipinski definition) is 4. The van der Waals surface area contributed by atoms with E-state index in [0.717, 1.165) is 6.42 Å². The van der Waals surface area contributed by atoms with E-state index in [9.17, 15) is 19.8 Å². The molecule has 0 aromatic rings. The zero-order valence-corrected chi connectivity index (χ0v) is 15.8. The molecule has 0 bridgehead atoms. The highest BCUT2D eigenvalue weighted by Gasteiger charge is 2.39. The molecule has 4 atom stereocenters. The molecule has 0 aromatic heterocycles. The van der Waals surface area contributed by atoms with E-state index in [1.165, 1.54) is 5.57 Å². The Balaban J connectivity index is 2.51. The van der Waals surface area contributed by atoms with Crippen LogP contribution in [0.3, 0.4) is 0 Å². The third-order valence-electron chi connectivity index (χ3n) is 4.62. The van der Waals surface area contributed by atoms with Crippen molar-refractivity contribution in [2.45, 2.75) is 71.0 Å². The lowest BCUT2D eigenvalue weighted by Crippen LogP contribution is -2.18. The summed E-state index contributed by atoms with van der Waals surface area (Å²) >= 11 is 0. The van der Waals surface area contributed by atoms with Crippen molar-refractivity contribution < 1.29 is 24.9 Å². The predicted molar refractivity (Wildman–Crippen MR) is 102 cm³/mol. The number of carboxylic acid groups (broad SMARTS) is 1. The number of allylic oxidation sites excluding steroid dienone is 4. The highest BCUT2D eigenvalue weighted by Crippen LogP contribution is 2.33. The molecule has 0 aromatic carbocycles. The van der Waals surface area contributed by atoms with Crippen LogP contribution in [0.15, 0.2) is 36.0 Å². The molecule has 0 amide bonds. The van der Waals surface area contributed by atoms with Gasteiger partial charge in [0.25, 0.3) is 0 Å². The van der Waals surface area contributed by atoms with Gasteiger partial charge in [0.05, 0.1) is 12.2 Å². The molecule has 5 heteroatoms. The quantitative estimate of drug-likeness (QED) is 0.386. The lowest BCUT2D eigenvalue weighted by Gasteiger charge is -2.16. The zero-order valence-electron chi connectivity index (χ0n) is 15.8. The van der Waals surface area contributed by atoms with Gasteiger partial charge in [-0.05, 0) is 46.0 Å². The SMILES string of the molecule is CC(C)=CCC[C@H](O)C=C[C@H]1[C@H](O)CC(=O)[C@@H]1CC=CCCCC(=O)O. The van der Waals surface area contributed by atoms with Crippen LogP contribution in [0.4, 0.5) is 0 Å². The molecule has 1 aliphatic carbocycles. The molecule has 0 spiro atoms. The average Bonchev–Trinajstić information content (AvgIpc) is 2.81. The summed E-state index contributed by atoms with van der Waals surface area (Å²) in [5.74, 6) is -1.31. The second kappa shape index (κ2) is 11.8. The van der Waals surface area contributed by atoms with Crippen LogP contribution in [0.1, 0.15) is 58.8 Å². The van der Waals surface area contributed by atoms with Crippen molar-refractivity contribution in [3.8, 4) is 0 Å². The molecule has 0 unspecified atom stereocenters. The van der Waals surface area contributed by atoms with Crippen LogP contribution in [-0.4, -0.2) is 39.3 Å². The number of rotatable bonds is 11. The Morgan fingerprint density at radius 3 is 2.65 bits per heavy atom. The third-order valence-corrected chi connectivity index (χ3v) is 4.62. The van der Waals surface area contributed by atoms with E-state index in [-0.39, 0.29) is 30.5 Å². The average molecular weight is 364 g/mol. The fraction of sp³-hybridized carbons (Fsp3) is 0.619. The van der Waals surface area contributed by atoms with Crippen molar-refractivity contribution in [3.63, 3.8) is 0 Å². The summed E-state index contributed by atoms with van der Waals surface area (Å²) in [5.41, 5.74) is 1.22. The molecule has 1 fully saturated rings. The minimum atomic E-state index is -0.805. The molecule has 1 saturated carbocycles. The van der Waals surface area contributed by atoms with Crippen LogP contribution in [0.2, 0.25) is 0 Å². The van der Waals surface area contributed by atoms with Crippen LogP contribution in [0, 0.1) is 11.8 Å². The van der Waals surface area contributed by atoms with E-state index in [1.807, 2.05) is 26.0 Å². The Morgan fingerprint density at radius 1 is 1.27 bits per heavy atom. The maximum atomic E-state index is 12.1. The van der Waals surface area contributed by atoms with Crippen LogP contribution in [0.25, 0.3) is 0 Å². The lowest BCUT2D eigenvalue weighted by atomic mass is 9.90. The summed E-state index contributed by atoms with van der Waals surface area (Å²) in [6.07, 6.45) is 11.5. The first-order valence-corrected chi connectivity index (χ1v) is 9.38. The number of carbonyl (C=O) groups is 2. The molecule has 0 radical (unpaired) electrons. The van der Waals surface area contributed by atoms with Crippen LogP contribution in [-0.2, 0) is 9.59 Å². The van der Waals surface area contributed by atoms with E-state index in [2.05, 4.69) is 6.08 Å². The summed E-state index contributed by atoms with van der Waals surface area (Å²) in [4.78, 5) is 22.6. The smallest absolute Gasteiger partial charge is 0.303 e. The zero-order chi connectivity index (χ0) is 19.5. The summed E-state index contributed by atoms with van der Waals surface area (Å²) in [6.45, 7) is 4.03. The van der Waals surface area contributed by atoms with Crippen molar-refractivity contribution in [3.05, 3.63) is 36.0 Å². The third kappa shape index (κ3) is 8.59. The maximum absolute atomic E-state index is 12.1. The second-order valence-corrected chi connectivity index (χ2v) is 7.23. The Morgan fingerprint density at radius 2 is 2.00 bits per heavy atom. The van der Waals surface area contributed by atoms with Gasteiger partial charge in [-0.1, -0.05) is 36.0 Å². The van der Waals surface area contributed by atoms with Gasteiger partial charge in [0.1, 0.15) is 5.78 Å². The Hall–Kier alpha value is -1.72. The molecule has 1 aliphatic rings. The van der Waals surface area contributed by atoms with E-state index >= 15 is 0 Å². The van der Waals surface area contributed by atoms with Crippen molar-refractivity contribution in [2.24, 2.45) is 11.8 Å². The van der Waals surface area contributed by atoms with Gasteiger partial charge in [-0.25, -0.2) is 0 Å². The van der Waals surface area contributed by atoms with Crippen LogP contribution >= 0.6 is 0 Å². The molecule has 3 N–H and O–H groups in total. The fourth-order valence-corrected chi connectivity index (χ4v) is 3.15. The van der Waals surface area contributed by atoms with Gasteiger partial charge in [0, 0.05) is 24.7 Å². The molecule has 26 heavy (non-hydrogen) atoms. The molecule has 0 saturated heterocycles. The van der Waals surface area contributed by atoms with E-state index in [1.54, 1.807) is 12.2 Å². The lowest BCUT2D eigenvalue weighted by molar-refractivity contribution is -0.137. The number of carbonyl (C=O) groups excluding carboxylic acids is 1. The Kier molecular flexibility index (Phi) is 10.1. The molecular weight excluding hydrogens is 332 g/mol. The normalized spacial score (nSPS) is 24.5. The number of aliphatic hydroxyl groups is 2. The van der Waals surface area contributed by atoms with Crippen molar-refractivity contribution in [1.82, 2.24) is 0 Å². The molecule has 146 valence electrons. The number of unbranched alkanes of at least 4 members (excludes halogenated alkanes) is 1. The first kappa shape index (κ1) is 22.3. The van der Waals surface area contributed by atoms with Gasteiger partial charge in [-0.2, -0.15) is 0 Å². The highest BCUT2D eigenvalue weighted by atomic mass is 16.4. The van der Waals surface area contributed by atoms with Gasteiger partial charge in [-0.15, -0.1) is 0 Å². The van der Waals surface area contributed by atoms with Gasteiger partial charge < -0.3 is 15.3 Å². The number of Topliss-reactive ketones (excluding diaryl/α,β-unsaturated/α-hetero) is 1. The number of aliphatic carboxylic acids is 1. The maximum Gasteiger partial charge on any atom is 0.303 e. The van der Waals surface area contributed by atoms with Crippen molar-refractivity contribution in [2.75, 3.05) is 0 Å². The van der Waals surface area contributed by atoms with E-state index in [0.29, 0.717) is 25.7 Å². The summed E-state index contributed by atoms with van der Waals surface area (Å²) < 4.78 is 0. The summed E-state index contributed by atoms with van der Waals surface area (Å²) in [6, 6.07) is 0. The fourth-order valence-electron chi connectivity index (χ4n) is 3.15. The Labute approximate surface area is 156 Å². The summed E-state index contributed by atoms with van der Waals surface area (Å²) in [5, 5.41) is 28.8. The number of hydrogen-bond donors (Lipinski definition) is 3. The highest BCUT2D eigenvalue weighted by molar-refractivity contribution is 5.84. The molecular formula is C21H32O5. The molecule has 1 rings (SSSR count). The van der Waals surface area contributed by atoms with E-state index < -0.39 is 18.2 Å². The monoisotopic (exact) mass is 364 g/mol. The Bertz CT molecular complexity index is 543. The summed E-state index contributed by atoms with van der Waals surface area (Å²) in [7, 11) is 0. The van der Waals surface area contributed by atoms with Crippen LogP contribution in [0.5, 0.6) is 0 Å². The van der Waals surface area contributed by atoms with Crippen molar-refractivity contribution in [1.29, 1.82) is 0 Å². The van der Waals surface area contributed by atoms with Gasteiger partial charge >= 0.3 is 5.97 Å². The predicted octanol–water partition coefficient (Wildman–Crippen LogP) is 3.42. The largest absolute Gasteiger partial charge is 0.481 e. The first-order valence-electron chi connectivity index (χ1n) is 9.38. The minimum Gasteiger partial charge on any atom is -0.481 e. The topological polar surface area (TPSA) is 94.8 Å². The molecule has 0 aliphatic heterocycles. The van der Waals surface area contributed by atoms with Gasteiger partial charge in [0.15, 0.2) is 0 Å². The number of carboxylic acids is 1. The second-order valence-electron chi connectivity index (χ2n) is 7.23. The van der Waals surface area contributed by atoms with Gasteiger partial charge in [-0.3, -0.25) is 9.59 Å². The minimum absolute atomic E-state index is 0.0429. The first-order chi connectivity index (χ1) is 12.3. The number of ketones is 1. The van der Waals surface area contributed by atoms with Gasteiger partial charge in [0.2, 0.25) is 0 Å². The van der Waals surface area contributed by atoms with E-state index in [4.69, 9.17) is 5.11 Å². The number of aliphatic hydroxyl groups excluding tert-OH is 2. The van der Waals surface area contributed by atoms with Crippen molar-refractivity contribution >= 4 is 11.8 Å². The standard InChI is InChI=1S/C21H32O5/c1-15(2)8-7-9-16(22)12-13-18-17(19(23)14-20(18)24)10-5-3-4-6-11-21(25)26/h3,5,8,12-13,16-18,20,22,24H,4,6-7,9-11,14H2,1-2H3,(H,25,26)/t16-,17+,18+,20+/m0/s1.